The van der Waals surface area contributed by atoms with E-state index in [4.69, 9.17) is 10.7 Å². The summed E-state index contributed by atoms with van der Waals surface area (Å²) < 4.78 is 60.0. The van der Waals surface area contributed by atoms with Gasteiger partial charge in [-0.15, -0.1) is 0 Å². The lowest BCUT2D eigenvalue weighted by atomic mass is 10.2. The van der Waals surface area contributed by atoms with Crippen molar-refractivity contribution in [2.24, 2.45) is 0 Å². The SMILES string of the molecule is CC(=O)Nc1ccc(S(=O)(=O)Cl)c(C(F)(F)F)c1. The lowest BCUT2D eigenvalue weighted by Gasteiger charge is -2.12. The van der Waals surface area contributed by atoms with E-state index in [0.717, 1.165) is 13.0 Å². The summed E-state index contributed by atoms with van der Waals surface area (Å²) in [6.07, 6.45) is -4.90. The summed E-state index contributed by atoms with van der Waals surface area (Å²) >= 11 is 0. The summed E-state index contributed by atoms with van der Waals surface area (Å²) in [7, 11) is 0.390. The Morgan fingerprint density at radius 3 is 2.28 bits per heavy atom. The van der Waals surface area contributed by atoms with Gasteiger partial charge >= 0.3 is 6.18 Å². The normalized spacial score (nSPS) is 12.3. The molecule has 1 aromatic carbocycles. The second-order valence-electron chi connectivity index (χ2n) is 3.33. The summed E-state index contributed by atoms with van der Waals surface area (Å²) in [6.45, 7) is 1.11. The summed E-state index contributed by atoms with van der Waals surface area (Å²) in [5.74, 6) is -0.579. The molecule has 4 nitrogen and oxygen atoms in total. The van der Waals surface area contributed by atoms with Crippen molar-refractivity contribution in [2.75, 3.05) is 5.32 Å². The van der Waals surface area contributed by atoms with E-state index in [1.54, 1.807) is 0 Å². The zero-order chi connectivity index (χ0) is 14.1. The highest BCUT2D eigenvalue weighted by atomic mass is 35.7. The second kappa shape index (κ2) is 4.77. The maximum atomic E-state index is 12.7. The molecule has 18 heavy (non-hydrogen) atoms. The van der Waals surface area contributed by atoms with Crippen molar-refractivity contribution < 1.29 is 26.4 Å². The number of hydrogen-bond donors (Lipinski definition) is 1. The fourth-order valence-corrected chi connectivity index (χ4v) is 2.32. The lowest BCUT2D eigenvalue weighted by Crippen LogP contribution is -2.13. The van der Waals surface area contributed by atoms with E-state index in [-0.39, 0.29) is 5.69 Å². The van der Waals surface area contributed by atoms with E-state index < -0.39 is 31.6 Å². The summed E-state index contributed by atoms with van der Waals surface area (Å²) in [6, 6.07) is 2.22. The summed E-state index contributed by atoms with van der Waals surface area (Å²) in [5, 5.41) is 2.12. The Hall–Kier alpha value is -1.28. The van der Waals surface area contributed by atoms with Crippen LogP contribution < -0.4 is 5.32 Å². The van der Waals surface area contributed by atoms with Crippen LogP contribution in [-0.4, -0.2) is 14.3 Å². The third-order valence-electron chi connectivity index (χ3n) is 1.87. The van der Waals surface area contributed by atoms with E-state index in [9.17, 15) is 26.4 Å². The Bertz CT molecular complexity index is 583. The van der Waals surface area contributed by atoms with Crippen molar-refractivity contribution in [3.05, 3.63) is 23.8 Å². The van der Waals surface area contributed by atoms with Crippen molar-refractivity contribution in [1.29, 1.82) is 0 Å². The third kappa shape index (κ3) is 3.61. The van der Waals surface area contributed by atoms with Gasteiger partial charge in [0, 0.05) is 23.3 Å². The van der Waals surface area contributed by atoms with E-state index >= 15 is 0 Å². The largest absolute Gasteiger partial charge is 0.417 e. The molecule has 0 aliphatic carbocycles. The first-order valence-electron chi connectivity index (χ1n) is 4.45. The number of nitrogens with one attached hydrogen (secondary N) is 1. The van der Waals surface area contributed by atoms with Gasteiger partial charge in [-0.2, -0.15) is 13.2 Å². The second-order valence-corrected chi connectivity index (χ2v) is 5.86. The third-order valence-corrected chi connectivity index (χ3v) is 3.25. The molecule has 0 aromatic heterocycles. The molecule has 1 N–H and O–H groups in total. The van der Waals surface area contributed by atoms with Crippen LogP contribution >= 0.6 is 10.7 Å². The molecule has 0 saturated carbocycles. The van der Waals surface area contributed by atoms with Gasteiger partial charge in [-0.1, -0.05) is 0 Å². The monoisotopic (exact) mass is 301 g/mol. The number of amides is 1. The van der Waals surface area contributed by atoms with Crippen molar-refractivity contribution in [1.82, 2.24) is 0 Å². The lowest BCUT2D eigenvalue weighted by molar-refractivity contribution is -0.139. The van der Waals surface area contributed by atoms with Crippen LogP contribution in [0.5, 0.6) is 0 Å². The Balaban J connectivity index is 3.44. The van der Waals surface area contributed by atoms with Gasteiger partial charge in [0.05, 0.1) is 10.5 Å². The quantitative estimate of drug-likeness (QED) is 0.854. The standard InChI is InChI=1S/C9H7ClF3NO3S/c1-5(15)14-6-2-3-8(18(10,16)17)7(4-6)9(11,12)13/h2-4H,1H3,(H,14,15). The maximum absolute atomic E-state index is 12.7. The number of halogens is 4. The Kier molecular flexibility index (Phi) is 3.92. The number of benzene rings is 1. The van der Waals surface area contributed by atoms with Gasteiger partial charge in [0.25, 0.3) is 9.05 Å². The fraction of sp³-hybridized carbons (Fsp3) is 0.222. The number of hydrogen-bond acceptors (Lipinski definition) is 3. The maximum Gasteiger partial charge on any atom is 0.417 e. The van der Waals surface area contributed by atoms with Crippen molar-refractivity contribution >= 4 is 31.3 Å². The highest BCUT2D eigenvalue weighted by Crippen LogP contribution is 2.37. The summed E-state index contributed by atoms with van der Waals surface area (Å²) in [4.78, 5) is 9.67. The van der Waals surface area contributed by atoms with Crippen LogP contribution in [0.1, 0.15) is 12.5 Å². The van der Waals surface area contributed by atoms with Gasteiger partial charge in [0.2, 0.25) is 5.91 Å². The Morgan fingerprint density at radius 2 is 1.89 bits per heavy atom. The molecular formula is C9H7ClF3NO3S. The first-order valence-corrected chi connectivity index (χ1v) is 6.76. The molecule has 1 amide bonds. The van der Waals surface area contributed by atoms with Crippen LogP contribution in [0.15, 0.2) is 23.1 Å². The number of anilines is 1. The average Bonchev–Trinajstić information content (AvgIpc) is 2.13. The molecule has 0 aliphatic heterocycles. The number of carbonyl (C=O) groups is 1. The van der Waals surface area contributed by atoms with Gasteiger partial charge < -0.3 is 5.32 Å². The number of alkyl halides is 3. The van der Waals surface area contributed by atoms with Crippen LogP contribution in [0.3, 0.4) is 0 Å². The minimum Gasteiger partial charge on any atom is -0.326 e. The van der Waals surface area contributed by atoms with Crippen molar-refractivity contribution in [2.45, 2.75) is 18.0 Å². The van der Waals surface area contributed by atoms with Gasteiger partial charge in [-0.05, 0) is 18.2 Å². The van der Waals surface area contributed by atoms with E-state index in [2.05, 4.69) is 5.32 Å². The summed E-state index contributed by atoms with van der Waals surface area (Å²) in [5.41, 5.74) is -1.59. The van der Waals surface area contributed by atoms with E-state index in [1.165, 1.54) is 0 Å². The Labute approximate surface area is 105 Å². The predicted octanol–water partition coefficient (Wildman–Crippen LogP) is 2.59. The molecule has 0 spiro atoms. The molecule has 0 aliphatic rings. The van der Waals surface area contributed by atoms with E-state index in [0.29, 0.717) is 12.1 Å². The van der Waals surface area contributed by atoms with E-state index in [1.807, 2.05) is 0 Å². The highest BCUT2D eigenvalue weighted by Gasteiger charge is 2.37. The molecule has 1 aromatic rings. The molecule has 0 heterocycles. The van der Waals surface area contributed by atoms with Crippen LogP contribution in [0.2, 0.25) is 0 Å². The zero-order valence-corrected chi connectivity index (χ0v) is 10.4. The molecule has 1 rings (SSSR count). The smallest absolute Gasteiger partial charge is 0.326 e. The molecule has 0 bridgehead atoms. The molecule has 0 fully saturated rings. The molecular weight excluding hydrogens is 295 g/mol. The number of rotatable bonds is 2. The topological polar surface area (TPSA) is 63.2 Å². The first-order chi connectivity index (χ1) is 8.01. The van der Waals surface area contributed by atoms with Crippen LogP contribution in [0.25, 0.3) is 0 Å². The van der Waals surface area contributed by atoms with Gasteiger partial charge in [-0.3, -0.25) is 4.79 Å². The van der Waals surface area contributed by atoms with Crippen molar-refractivity contribution in [3.63, 3.8) is 0 Å². The molecule has 100 valence electrons. The molecule has 0 saturated heterocycles. The minimum absolute atomic E-state index is 0.168. The van der Waals surface area contributed by atoms with Crippen LogP contribution in [0, 0.1) is 0 Å². The van der Waals surface area contributed by atoms with Gasteiger partial charge in [0.15, 0.2) is 0 Å². The first kappa shape index (κ1) is 14.8. The zero-order valence-electron chi connectivity index (χ0n) is 8.88. The predicted molar refractivity (Wildman–Crippen MR) is 58.8 cm³/mol. The molecule has 0 unspecified atom stereocenters. The molecule has 0 radical (unpaired) electrons. The van der Waals surface area contributed by atoms with Crippen molar-refractivity contribution in [3.8, 4) is 0 Å². The molecule has 0 atom stereocenters. The average molecular weight is 302 g/mol. The highest BCUT2D eigenvalue weighted by molar-refractivity contribution is 8.13. The molecule has 9 heteroatoms. The number of carbonyl (C=O) groups excluding carboxylic acids is 1. The fourth-order valence-electron chi connectivity index (χ4n) is 1.25. The Morgan fingerprint density at radius 1 is 1.33 bits per heavy atom. The van der Waals surface area contributed by atoms with Crippen LogP contribution in [-0.2, 0) is 20.0 Å². The van der Waals surface area contributed by atoms with Gasteiger partial charge in [-0.25, -0.2) is 8.42 Å². The minimum atomic E-state index is -4.90. The van der Waals surface area contributed by atoms with Crippen LogP contribution in [0.4, 0.5) is 18.9 Å². The van der Waals surface area contributed by atoms with Gasteiger partial charge in [0.1, 0.15) is 0 Å².